The molecule has 6 heteroatoms. The van der Waals surface area contributed by atoms with Gasteiger partial charge in [-0.05, 0) is 50.5 Å². The molecule has 2 aromatic carbocycles. The van der Waals surface area contributed by atoms with Gasteiger partial charge in [0.05, 0.1) is 6.04 Å². The molecule has 0 saturated carbocycles. The average molecular weight is 383 g/mol. The first-order chi connectivity index (χ1) is 13.3. The summed E-state index contributed by atoms with van der Waals surface area (Å²) >= 11 is 0. The molecule has 0 aromatic heterocycles. The fourth-order valence-electron chi connectivity index (χ4n) is 2.58. The summed E-state index contributed by atoms with van der Waals surface area (Å²) in [6.07, 6.45) is -0.481. The van der Waals surface area contributed by atoms with Crippen molar-refractivity contribution in [3.63, 3.8) is 0 Å². The molecule has 0 spiro atoms. The molecule has 2 rings (SSSR count). The zero-order chi connectivity index (χ0) is 20.5. The summed E-state index contributed by atoms with van der Waals surface area (Å²) in [6, 6.07) is 16.0. The van der Waals surface area contributed by atoms with Gasteiger partial charge in [0.1, 0.15) is 5.75 Å². The van der Waals surface area contributed by atoms with Gasteiger partial charge in [-0.3, -0.25) is 9.59 Å². The second-order valence-electron chi connectivity index (χ2n) is 6.60. The first kappa shape index (κ1) is 21.2. The highest BCUT2D eigenvalue weighted by molar-refractivity contribution is 5.89. The minimum absolute atomic E-state index is 0.167. The van der Waals surface area contributed by atoms with Crippen molar-refractivity contribution in [1.29, 1.82) is 0 Å². The number of Topliss-reactive ketones (excluding diaryl/α,β-unsaturated/α-hetero) is 1. The van der Waals surface area contributed by atoms with E-state index >= 15 is 0 Å². The summed E-state index contributed by atoms with van der Waals surface area (Å²) in [5, 5.41) is 2.61. The monoisotopic (exact) mass is 383 g/mol. The number of carbonyl (C=O) groups is 3. The second kappa shape index (κ2) is 10.3. The Balaban J connectivity index is 1.82. The predicted molar refractivity (Wildman–Crippen MR) is 105 cm³/mol. The maximum absolute atomic E-state index is 12.1. The summed E-state index contributed by atoms with van der Waals surface area (Å²) < 4.78 is 10.5. The number of ether oxygens (including phenoxy) is 2. The van der Waals surface area contributed by atoms with Crippen molar-refractivity contribution in [2.75, 3.05) is 6.61 Å². The molecule has 28 heavy (non-hydrogen) atoms. The summed E-state index contributed by atoms with van der Waals surface area (Å²) in [5.41, 5.74) is 1.94. The van der Waals surface area contributed by atoms with Gasteiger partial charge in [0.15, 0.2) is 18.5 Å². The third-order valence-corrected chi connectivity index (χ3v) is 4.09. The molecule has 0 radical (unpaired) electrons. The van der Waals surface area contributed by atoms with E-state index in [-0.39, 0.29) is 5.78 Å². The Bertz CT molecular complexity index is 819. The summed E-state index contributed by atoms with van der Waals surface area (Å²) in [6.45, 7) is 4.41. The minimum atomic E-state index is -0.859. The van der Waals surface area contributed by atoms with Crippen LogP contribution in [0.2, 0.25) is 0 Å². The van der Waals surface area contributed by atoms with Crippen LogP contribution < -0.4 is 10.1 Å². The van der Waals surface area contributed by atoms with Gasteiger partial charge in [0, 0.05) is 0 Å². The fraction of sp³-hybridized carbons (Fsp3) is 0.318. The molecule has 0 unspecified atom stereocenters. The van der Waals surface area contributed by atoms with E-state index in [1.54, 1.807) is 19.1 Å². The first-order valence-corrected chi connectivity index (χ1v) is 9.09. The van der Waals surface area contributed by atoms with Crippen LogP contribution in [-0.2, 0) is 25.5 Å². The predicted octanol–water partition coefficient (Wildman–Crippen LogP) is 2.62. The van der Waals surface area contributed by atoms with Gasteiger partial charge >= 0.3 is 5.97 Å². The van der Waals surface area contributed by atoms with Gasteiger partial charge in [0.2, 0.25) is 0 Å². The van der Waals surface area contributed by atoms with Crippen LogP contribution in [0.25, 0.3) is 0 Å². The van der Waals surface area contributed by atoms with Crippen LogP contribution in [0.3, 0.4) is 0 Å². The van der Waals surface area contributed by atoms with Crippen LogP contribution in [0.1, 0.15) is 25.0 Å². The van der Waals surface area contributed by atoms with Gasteiger partial charge < -0.3 is 14.8 Å². The third kappa shape index (κ3) is 6.87. The summed E-state index contributed by atoms with van der Waals surface area (Å²) in [4.78, 5) is 36.0. The molecule has 0 saturated heterocycles. The van der Waals surface area contributed by atoms with E-state index in [1.165, 1.54) is 6.92 Å². The van der Waals surface area contributed by atoms with E-state index in [0.717, 1.165) is 11.1 Å². The van der Waals surface area contributed by atoms with E-state index < -0.39 is 30.6 Å². The Labute approximate surface area is 164 Å². The SMILES string of the molecule is CC(=O)[C@@H](Cc1ccccc1)NC(=O)COC(=O)[C@H](C)Oc1cccc(C)c1. The number of hydrogen-bond acceptors (Lipinski definition) is 5. The van der Waals surface area contributed by atoms with Gasteiger partial charge in [-0.1, -0.05) is 42.5 Å². The maximum atomic E-state index is 12.1. The van der Waals surface area contributed by atoms with E-state index in [9.17, 15) is 14.4 Å². The Hall–Kier alpha value is -3.15. The zero-order valence-corrected chi connectivity index (χ0v) is 16.3. The van der Waals surface area contributed by atoms with Crippen LogP contribution in [-0.4, -0.2) is 36.4 Å². The molecule has 0 aliphatic rings. The maximum Gasteiger partial charge on any atom is 0.347 e. The Morgan fingerprint density at radius 3 is 2.39 bits per heavy atom. The van der Waals surface area contributed by atoms with E-state index in [4.69, 9.17) is 9.47 Å². The number of nitrogens with one attached hydrogen (secondary N) is 1. The minimum Gasteiger partial charge on any atom is -0.479 e. The van der Waals surface area contributed by atoms with Crippen LogP contribution in [0, 0.1) is 6.92 Å². The molecule has 2 atom stereocenters. The van der Waals surface area contributed by atoms with Crippen molar-refractivity contribution < 1.29 is 23.9 Å². The molecule has 0 fully saturated rings. The number of carbonyl (C=O) groups excluding carboxylic acids is 3. The summed E-state index contributed by atoms with van der Waals surface area (Å²) in [5.74, 6) is -0.806. The highest BCUT2D eigenvalue weighted by Crippen LogP contribution is 2.14. The lowest BCUT2D eigenvalue weighted by Crippen LogP contribution is -2.43. The molecule has 0 heterocycles. The Morgan fingerprint density at radius 2 is 1.75 bits per heavy atom. The molecule has 1 N–H and O–H groups in total. The lowest BCUT2D eigenvalue weighted by molar-refractivity contribution is -0.155. The van der Waals surface area contributed by atoms with Crippen LogP contribution >= 0.6 is 0 Å². The Kier molecular flexibility index (Phi) is 7.75. The van der Waals surface area contributed by atoms with Gasteiger partial charge in [-0.25, -0.2) is 4.79 Å². The van der Waals surface area contributed by atoms with Crippen LogP contribution in [0.5, 0.6) is 5.75 Å². The van der Waals surface area contributed by atoms with Crippen molar-refractivity contribution >= 4 is 17.7 Å². The molecular formula is C22H25NO5. The first-order valence-electron chi connectivity index (χ1n) is 9.09. The largest absolute Gasteiger partial charge is 0.479 e. The Morgan fingerprint density at radius 1 is 1.04 bits per heavy atom. The normalized spacial score (nSPS) is 12.5. The van der Waals surface area contributed by atoms with E-state index in [0.29, 0.717) is 12.2 Å². The van der Waals surface area contributed by atoms with Crippen LogP contribution in [0.15, 0.2) is 54.6 Å². The standard InChI is InChI=1S/C22H25NO5/c1-15-8-7-11-19(12-15)28-17(3)22(26)27-14-21(25)23-20(16(2)24)13-18-9-5-4-6-10-18/h4-12,17,20H,13-14H2,1-3H3,(H,23,25)/t17-,20+/m0/s1. The highest BCUT2D eigenvalue weighted by atomic mass is 16.6. The number of rotatable bonds is 9. The highest BCUT2D eigenvalue weighted by Gasteiger charge is 2.21. The molecule has 0 aliphatic carbocycles. The number of aryl methyl sites for hydroxylation is 1. The van der Waals surface area contributed by atoms with Crippen molar-refractivity contribution in [2.45, 2.75) is 39.3 Å². The van der Waals surface area contributed by atoms with Crippen molar-refractivity contribution in [3.8, 4) is 5.75 Å². The molecule has 2 aromatic rings. The zero-order valence-electron chi connectivity index (χ0n) is 16.3. The van der Waals surface area contributed by atoms with Crippen LogP contribution in [0.4, 0.5) is 0 Å². The number of ketones is 1. The average Bonchev–Trinajstić information content (AvgIpc) is 2.66. The van der Waals surface area contributed by atoms with Crippen molar-refractivity contribution in [2.24, 2.45) is 0 Å². The van der Waals surface area contributed by atoms with Gasteiger partial charge in [0.25, 0.3) is 5.91 Å². The smallest absolute Gasteiger partial charge is 0.347 e. The van der Waals surface area contributed by atoms with Gasteiger partial charge in [-0.2, -0.15) is 0 Å². The number of hydrogen-bond donors (Lipinski definition) is 1. The molecule has 6 nitrogen and oxygen atoms in total. The molecule has 0 aliphatic heterocycles. The lowest BCUT2D eigenvalue weighted by atomic mass is 10.0. The number of amides is 1. The van der Waals surface area contributed by atoms with Gasteiger partial charge in [-0.15, -0.1) is 0 Å². The lowest BCUT2D eigenvalue weighted by Gasteiger charge is -2.17. The molecular weight excluding hydrogens is 358 g/mol. The van der Waals surface area contributed by atoms with E-state index in [1.807, 2.05) is 49.4 Å². The van der Waals surface area contributed by atoms with Crippen molar-refractivity contribution in [1.82, 2.24) is 5.32 Å². The third-order valence-electron chi connectivity index (χ3n) is 4.09. The molecule has 148 valence electrons. The molecule has 1 amide bonds. The van der Waals surface area contributed by atoms with E-state index in [2.05, 4.69) is 5.32 Å². The van der Waals surface area contributed by atoms with Crippen molar-refractivity contribution in [3.05, 3.63) is 65.7 Å². The number of benzene rings is 2. The fourth-order valence-corrected chi connectivity index (χ4v) is 2.58. The second-order valence-corrected chi connectivity index (χ2v) is 6.60. The number of esters is 1. The molecule has 0 bridgehead atoms. The topological polar surface area (TPSA) is 81.7 Å². The summed E-state index contributed by atoms with van der Waals surface area (Å²) in [7, 11) is 0. The quantitative estimate of drug-likeness (QED) is 0.673.